The van der Waals surface area contributed by atoms with Crippen molar-refractivity contribution < 1.29 is 4.74 Å². The number of hydrogen-bond acceptors (Lipinski definition) is 2. The van der Waals surface area contributed by atoms with Gasteiger partial charge >= 0.3 is 0 Å². The zero-order valence-electron chi connectivity index (χ0n) is 10.8. The molecule has 0 aliphatic carbocycles. The Labute approximate surface area is 140 Å². The van der Waals surface area contributed by atoms with Crippen LogP contribution >= 0.6 is 43.6 Å². The molecule has 2 aromatic carbocycles. The Morgan fingerprint density at radius 1 is 0.750 bits per heavy atom. The molecule has 1 aliphatic rings. The Balaban J connectivity index is 1.76. The van der Waals surface area contributed by atoms with Crippen LogP contribution in [0.4, 0.5) is 0 Å². The molecule has 20 heavy (non-hydrogen) atoms. The Morgan fingerprint density at radius 2 is 1.15 bits per heavy atom. The van der Waals surface area contributed by atoms with Crippen LogP contribution in [0.1, 0.15) is 23.3 Å². The standard InChI is InChI=1S/C16H14Br2OS/c17-13-5-1-11(2-6-13)15-9-20-10-16(19-15)12-3-7-14(18)8-4-12/h1-8,15-16H,9-10H2/t15-,16+. The van der Waals surface area contributed by atoms with E-state index in [0.29, 0.717) is 0 Å². The third-order valence-electron chi connectivity index (χ3n) is 3.35. The molecule has 2 atom stereocenters. The summed E-state index contributed by atoms with van der Waals surface area (Å²) in [4.78, 5) is 0. The van der Waals surface area contributed by atoms with Crippen LogP contribution in [0, 0.1) is 0 Å². The van der Waals surface area contributed by atoms with Gasteiger partial charge in [0, 0.05) is 20.5 Å². The normalized spacial score (nSPS) is 22.7. The van der Waals surface area contributed by atoms with Crippen molar-refractivity contribution in [1.82, 2.24) is 0 Å². The van der Waals surface area contributed by atoms with Crippen LogP contribution < -0.4 is 0 Å². The summed E-state index contributed by atoms with van der Waals surface area (Å²) in [6, 6.07) is 16.9. The van der Waals surface area contributed by atoms with Gasteiger partial charge in [0.1, 0.15) is 0 Å². The van der Waals surface area contributed by atoms with E-state index in [2.05, 4.69) is 80.4 Å². The minimum atomic E-state index is 0.176. The van der Waals surface area contributed by atoms with Gasteiger partial charge in [-0.25, -0.2) is 0 Å². The lowest BCUT2D eigenvalue weighted by atomic mass is 10.1. The molecule has 0 spiro atoms. The average Bonchev–Trinajstić information content (AvgIpc) is 2.49. The van der Waals surface area contributed by atoms with E-state index in [0.717, 1.165) is 20.5 Å². The maximum Gasteiger partial charge on any atom is 0.0924 e. The number of thioether (sulfide) groups is 1. The molecule has 104 valence electrons. The highest BCUT2D eigenvalue weighted by molar-refractivity contribution is 9.10. The first-order valence-electron chi connectivity index (χ1n) is 6.46. The van der Waals surface area contributed by atoms with E-state index in [4.69, 9.17) is 4.74 Å². The molecular formula is C16H14Br2OS. The van der Waals surface area contributed by atoms with Gasteiger partial charge in [-0.15, -0.1) is 0 Å². The fraction of sp³-hybridized carbons (Fsp3) is 0.250. The molecule has 2 aromatic rings. The number of ether oxygens (including phenoxy) is 1. The van der Waals surface area contributed by atoms with Gasteiger partial charge in [-0.2, -0.15) is 11.8 Å². The van der Waals surface area contributed by atoms with Crippen LogP contribution in [0.25, 0.3) is 0 Å². The lowest BCUT2D eigenvalue weighted by Crippen LogP contribution is -2.20. The molecule has 0 amide bonds. The first kappa shape index (κ1) is 14.6. The van der Waals surface area contributed by atoms with Crippen LogP contribution in [-0.4, -0.2) is 11.5 Å². The SMILES string of the molecule is Brc1ccc([C@@H]2CSC[C@H](c3ccc(Br)cc3)O2)cc1. The first-order valence-corrected chi connectivity index (χ1v) is 9.20. The van der Waals surface area contributed by atoms with E-state index in [1.807, 2.05) is 11.8 Å². The monoisotopic (exact) mass is 412 g/mol. The molecule has 1 heterocycles. The smallest absolute Gasteiger partial charge is 0.0924 e. The maximum atomic E-state index is 6.29. The van der Waals surface area contributed by atoms with Gasteiger partial charge in [0.25, 0.3) is 0 Å². The van der Waals surface area contributed by atoms with E-state index in [1.54, 1.807) is 0 Å². The van der Waals surface area contributed by atoms with E-state index in [9.17, 15) is 0 Å². The topological polar surface area (TPSA) is 9.23 Å². The van der Waals surface area contributed by atoms with Gasteiger partial charge in [0.2, 0.25) is 0 Å². The van der Waals surface area contributed by atoms with Crippen LogP contribution in [0.2, 0.25) is 0 Å². The van der Waals surface area contributed by atoms with Gasteiger partial charge in [-0.1, -0.05) is 56.1 Å². The summed E-state index contributed by atoms with van der Waals surface area (Å²) in [6.45, 7) is 0. The highest BCUT2D eigenvalue weighted by Gasteiger charge is 2.25. The minimum Gasteiger partial charge on any atom is -0.364 e. The molecule has 0 unspecified atom stereocenters. The maximum absolute atomic E-state index is 6.29. The van der Waals surface area contributed by atoms with Gasteiger partial charge in [-0.05, 0) is 35.4 Å². The molecule has 3 rings (SSSR count). The molecule has 1 saturated heterocycles. The second kappa shape index (κ2) is 6.65. The van der Waals surface area contributed by atoms with Crippen LogP contribution in [-0.2, 0) is 4.74 Å². The van der Waals surface area contributed by atoms with E-state index in [-0.39, 0.29) is 12.2 Å². The average molecular weight is 414 g/mol. The lowest BCUT2D eigenvalue weighted by Gasteiger charge is -2.30. The summed E-state index contributed by atoms with van der Waals surface area (Å²) < 4.78 is 8.50. The molecule has 1 aliphatic heterocycles. The van der Waals surface area contributed by atoms with E-state index in [1.165, 1.54) is 11.1 Å². The number of hydrogen-bond donors (Lipinski definition) is 0. The first-order chi connectivity index (χ1) is 9.72. The Hall–Kier alpha value is -0.290. The van der Waals surface area contributed by atoms with Gasteiger partial charge < -0.3 is 4.74 Å². The molecule has 4 heteroatoms. The zero-order chi connectivity index (χ0) is 13.9. The molecule has 1 nitrogen and oxygen atoms in total. The highest BCUT2D eigenvalue weighted by Crippen LogP contribution is 2.37. The van der Waals surface area contributed by atoms with Crippen molar-refractivity contribution in [2.45, 2.75) is 12.2 Å². The summed E-state index contributed by atoms with van der Waals surface area (Å²) >= 11 is 8.91. The predicted molar refractivity (Wildman–Crippen MR) is 92.2 cm³/mol. The molecule has 1 fully saturated rings. The van der Waals surface area contributed by atoms with Crippen LogP contribution in [0.15, 0.2) is 57.5 Å². The molecule has 0 saturated carbocycles. The summed E-state index contributed by atoms with van der Waals surface area (Å²) in [5.41, 5.74) is 2.50. The van der Waals surface area contributed by atoms with Crippen molar-refractivity contribution in [3.8, 4) is 0 Å². The molecule has 0 N–H and O–H groups in total. The van der Waals surface area contributed by atoms with Gasteiger partial charge in [0.05, 0.1) is 12.2 Å². The van der Waals surface area contributed by atoms with Crippen molar-refractivity contribution in [1.29, 1.82) is 0 Å². The summed E-state index contributed by atoms with van der Waals surface area (Å²) in [5.74, 6) is 2.04. The third kappa shape index (κ3) is 3.48. The van der Waals surface area contributed by atoms with Crippen molar-refractivity contribution in [2.75, 3.05) is 11.5 Å². The second-order valence-electron chi connectivity index (χ2n) is 4.75. The van der Waals surface area contributed by atoms with Crippen molar-refractivity contribution in [3.63, 3.8) is 0 Å². The number of halogens is 2. The van der Waals surface area contributed by atoms with Gasteiger partial charge in [-0.3, -0.25) is 0 Å². The molecule has 0 radical (unpaired) electrons. The summed E-state index contributed by atoms with van der Waals surface area (Å²) in [5, 5.41) is 0. The van der Waals surface area contributed by atoms with E-state index < -0.39 is 0 Å². The Bertz CT molecular complexity index is 517. The number of benzene rings is 2. The number of rotatable bonds is 2. The van der Waals surface area contributed by atoms with Crippen molar-refractivity contribution >= 4 is 43.6 Å². The fourth-order valence-corrected chi connectivity index (χ4v) is 3.90. The summed E-state index contributed by atoms with van der Waals surface area (Å²) in [6.07, 6.45) is 0.353. The summed E-state index contributed by atoms with van der Waals surface area (Å²) in [7, 11) is 0. The van der Waals surface area contributed by atoms with Crippen molar-refractivity contribution in [2.24, 2.45) is 0 Å². The highest BCUT2D eigenvalue weighted by atomic mass is 79.9. The predicted octanol–water partition coefficient (Wildman–Crippen LogP) is 5.76. The van der Waals surface area contributed by atoms with Crippen LogP contribution in [0.3, 0.4) is 0 Å². The largest absolute Gasteiger partial charge is 0.364 e. The van der Waals surface area contributed by atoms with E-state index >= 15 is 0 Å². The fourth-order valence-electron chi connectivity index (χ4n) is 2.26. The van der Waals surface area contributed by atoms with Gasteiger partial charge in [0.15, 0.2) is 0 Å². The molecule has 0 bridgehead atoms. The van der Waals surface area contributed by atoms with Crippen molar-refractivity contribution in [3.05, 3.63) is 68.6 Å². The Morgan fingerprint density at radius 3 is 1.55 bits per heavy atom. The Kier molecular flexibility index (Phi) is 4.87. The molecular weight excluding hydrogens is 400 g/mol. The second-order valence-corrected chi connectivity index (χ2v) is 7.66. The third-order valence-corrected chi connectivity index (χ3v) is 5.48. The molecule has 0 aromatic heterocycles. The minimum absolute atomic E-state index is 0.176. The quantitative estimate of drug-likeness (QED) is 0.619. The zero-order valence-corrected chi connectivity index (χ0v) is 14.7. The van der Waals surface area contributed by atoms with Crippen LogP contribution in [0.5, 0.6) is 0 Å². The lowest BCUT2D eigenvalue weighted by molar-refractivity contribution is 0.00511.